The maximum absolute atomic E-state index is 5.47. The van der Waals surface area contributed by atoms with Crippen LogP contribution in [-0.4, -0.2) is 21.5 Å². The maximum atomic E-state index is 5.47. The monoisotopic (exact) mass is 264 g/mol. The Bertz CT molecular complexity index is 384. The third kappa shape index (κ3) is 3.91. The lowest BCUT2D eigenvalue weighted by Gasteiger charge is -2.21. The van der Waals surface area contributed by atoms with Gasteiger partial charge in [-0.3, -0.25) is 0 Å². The summed E-state index contributed by atoms with van der Waals surface area (Å²) in [4.78, 5) is 8.68. The summed E-state index contributed by atoms with van der Waals surface area (Å²) in [5.74, 6) is 1.68. The Morgan fingerprint density at radius 2 is 2.06 bits per heavy atom. The molecule has 0 atom stereocenters. The van der Waals surface area contributed by atoms with Crippen LogP contribution in [-0.2, 0) is 0 Å². The number of nitrogens with one attached hydrogen (secondary N) is 1. The van der Waals surface area contributed by atoms with Crippen molar-refractivity contribution in [1.29, 1.82) is 0 Å². The lowest BCUT2D eigenvalue weighted by atomic mass is 9.87. The average molecular weight is 264 g/mol. The van der Waals surface area contributed by atoms with Gasteiger partial charge in [-0.2, -0.15) is 0 Å². The molecule has 0 aromatic carbocycles. The Hall–Kier alpha value is -1.23. The number of hydrogen-bond donors (Lipinski definition) is 2. The Kier molecular flexibility index (Phi) is 4.87. The van der Waals surface area contributed by atoms with Gasteiger partial charge in [0.15, 0.2) is 0 Å². The van der Waals surface area contributed by atoms with E-state index in [-0.39, 0.29) is 4.99 Å². The molecular weight excluding hydrogens is 244 g/mol. The van der Waals surface area contributed by atoms with Crippen molar-refractivity contribution < 1.29 is 0 Å². The van der Waals surface area contributed by atoms with Gasteiger partial charge < -0.3 is 11.1 Å². The molecule has 0 unspecified atom stereocenters. The van der Waals surface area contributed by atoms with Gasteiger partial charge in [0.25, 0.3) is 0 Å². The quantitative estimate of drug-likeness (QED) is 0.800. The Morgan fingerprint density at radius 3 is 2.67 bits per heavy atom. The van der Waals surface area contributed by atoms with Gasteiger partial charge in [0.1, 0.15) is 16.5 Å². The second-order valence-corrected chi connectivity index (χ2v) is 5.31. The van der Waals surface area contributed by atoms with E-state index in [2.05, 4.69) is 15.3 Å². The second-order valence-electron chi connectivity index (χ2n) is 4.87. The molecule has 2 rings (SSSR count). The molecule has 0 saturated heterocycles. The topological polar surface area (TPSA) is 63.8 Å². The van der Waals surface area contributed by atoms with Crippen molar-refractivity contribution in [2.45, 2.75) is 38.5 Å². The highest BCUT2D eigenvalue weighted by Gasteiger charge is 2.12. The van der Waals surface area contributed by atoms with Crippen molar-refractivity contribution in [2.75, 3.05) is 11.9 Å². The first-order chi connectivity index (χ1) is 8.75. The van der Waals surface area contributed by atoms with Crippen LogP contribution in [0.25, 0.3) is 0 Å². The first-order valence-electron chi connectivity index (χ1n) is 6.61. The highest BCUT2D eigenvalue weighted by molar-refractivity contribution is 7.80. The van der Waals surface area contributed by atoms with E-state index in [1.54, 1.807) is 12.4 Å². The van der Waals surface area contributed by atoms with Crippen LogP contribution in [0.3, 0.4) is 0 Å². The average Bonchev–Trinajstić information content (AvgIpc) is 2.40. The number of nitrogens with two attached hydrogens (primary N) is 1. The minimum atomic E-state index is 0.288. The van der Waals surface area contributed by atoms with Crippen molar-refractivity contribution in [3.8, 4) is 0 Å². The molecule has 98 valence electrons. The molecule has 18 heavy (non-hydrogen) atoms. The van der Waals surface area contributed by atoms with Gasteiger partial charge in [0, 0.05) is 6.54 Å². The number of rotatable bonds is 5. The van der Waals surface area contributed by atoms with E-state index in [1.807, 2.05) is 0 Å². The van der Waals surface area contributed by atoms with Crippen molar-refractivity contribution in [3.63, 3.8) is 0 Å². The van der Waals surface area contributed by atoms with Crippen LogP contribution < -0.4 is 11.1 Å². The predicted molar refractivity (Wildman–Crippen MR) is 77.6 cm³/mol. The van der Waals surface area contributed by atoms with Gasteiger partial charge >= 0.3 is 0 Å². The molecule has 4 nitrogen and oxygen atoms in total. The van der Waals surface area contributed by atoms with Crippen LogP contribution in [0, 0.1) is 5.92 Å². The molecular formula is C13H20N4S. The molecule has 0 radical (unpaired) electrons. The summed E-state index contributed by atoms with van der Waals surface area (Å²) in [6.07, 6.45) is 11.5. The first kappa shape index (κ1) is 13.2. The SMILES string of the molecule is NC(=S)c1cnc(NCCC2CCCCC2)cn1. The molecule has 1 aromatic rings. The van der Waals surface area contributed by atoms with Crippen LogP contribution in [0.2, 0.25) is 0 Å². The molecule has 3 N–H and O–H groups in total. The largest absolute Gasteiger partial charge is 0.388 e. The Labute approximate surface area is 113 Å². The normalized spacial score (nSPS) is 16.4. The van der Waals surface area contributed by atoms with Crippen molar-refractivity contribution in [2.24, 2.45) is 11.7 Å². The van der Waals surface area contributed by atoms with Crippen molar-refractivity contribution in [3.05, 3.63) is 18.1 Å². The zero-order chi connectivity index (χ0) is 12.8. The fraction of sp³-hybridized carbons (Fsp3) is 0.615. The third-order valence-corrected chi connectivity index (χ3v) is 3.70. The van der Waals surface area contributed by atoms with Gasteiger partial charge in [0.2, 0.25) is 0 Å². The van der Waals surface area contributed by atoms with E-state index < -0.39 is 0 Å². The zero-order valence-electron chi connectivity index (χ0n) is 10.6. The number of thiocarbonyl (C=S) groups is 1. The van der Waals surface area contributed by atoms with E-state index >= 15 is 0 Å². The Balaban J connectivity index is 1.74. The summed E-state index contributed by atoms with van der Waals surface area (Å²) in [6.45, 7) is 0.964. The lowest BCUT2D eigenvalue weighted by molar-refractivity contribution is 0.345. The van der Waals surface area contributed by atoms with E-state index in [4.69, 9.17) is 18.0 Å². The van der Waals surface area contributed by atoms with E-state index in [9.17, 15) is 0 Å². The Morgan fingerprint density at radius 1 is 1.28 bits per heavy atom. The summed E-state index contributed by atoms with van der Waals surface area (Å²) in [7, 11) is 0. The molecule has 0 spiro atoms. The predicted octanol–water partition coefficient (Wildman–Crippen LogP) is 2.49. The molecule has 5 heteroatoms. The standard InChI is InChI=1S/C13H20N4S/c14-13(18)11-8-17-12(9-16-11)15-7-6-10-4-2-1-3-5-10/h8-10H,1-7H2,(H2,14,18)(H,15,17). The van der Waals surface area contributed by atoms with Gasteiger partial charge in [-0.05, 0) is 12.3 Å². The summed E-state index contributed by atoms with van der Waals surface area (Å²) in [5.41, 5.74) is 6.04. The number of aromatic nitrogens is 2. The van der Waals surface area contributed by atoms with Crippen LogP contribution in [0.5, 0.6) is 0 Å². The molecule has 1 heterocycles. The zero-order valence-corrected chi connectivity index (χ0v) is 11.4. The van der Waals surface area contributed by atoms with Gasteiger partial charge in [-0.25, -0.2) is 9.97 Å². The van der Waals surface area contributed by atoms with Crippen LogP contribution in [0.15, 0.2) is 12.4 Å². The van der Waals surface area contributed by atoms with E-state index in [0.717, 1.165) is 18.3 Å². The van der Waals surface area contributed by atoms with Gasteiger partial charge in [-0.1, -0.05) is 44.3 Å². The molecule has 1 fully saturated rings. The lowest BCUT2D eigenvalue weighted by Crippen LogP contribution is -2.14. The van der Waals surface area contributed by atoms with Gasteiger partial charge in [0.05, 0.1) is 12.4 Å². The number of nitrogens with zero attached hydrogens (tertiary/aromatic N) is 2. The summed E-state index contributed by atoms with van der Waals surface area (Å²) < 4.78 is 0. The minimum Gasteiger partial charge on any atom is -0.388 e. The molecule has 0 aliphatic heterocycles. The van der Waals surface area contributed by atoms with Crippen molar-refractivity contribution >= 4 is 23.0 Å². The highest BCUT2D eigenvalue weighted by atomic mass is 32.1. The molecule has 1 saturated carbocycles. The fourth-order valence-corrected chi connectivity index (χ4v) is 2.53. The van der Waals surface area contributed by atoms with E-state index in [0.29, 0.717) is 5.69 Å². The van der Waals surface area contributed by atoms with Crippen LogP contribution in [0.1, 0.15) is 44.2 Å². The summed E-state index contributed by atoms with van der Waals surface area (Å²) >= 11 is 4.83. The minimum absolute atomic E-state index is 0.288. The molecule has 1 aliphatic carbocycles. The summed E-state index contributed by atoms with van der Waals surface area (Å²) in [5, 5.41) is 3.30. The van der Waals surface area contributed by atoms with Crippen LogP contribution in [0.4, 0.5) is 5.82 Å². The highest BCUT2D eigenvalue weighted by Crippen LogP contribution is 2.25. The number of hydrogen-bond acceptors (Lipinski definition) is 4. The molecule has 0 amide bonds. The summed E-state index contributed by atoms with van der Waals surface area (Å²) in [6, 6.07) is 0. The molecule has 0 bridgehead atoms. The fourth-order valence-electron chi connectivity index (χ4n) is 2.43. The number of anilines is 1. The maximum Gasteiger partial charge on any atom is 0.144 e. The second kappa shape index (κ2) is 6.64. The van der Waals surface area contributed by atoms with E-state index in [1.165, 1.54) is 38.5 Å². The van der Waals surface area contributed by atoms with Crippen molar-refractivity contribution in [1.82, 2.24) is 9.97 Å². The van der Waals surface area contributed by atoms with Gasteiger partial charge in [-0.15, -0.1) is 0 Å². The molecule has 1 aliphatic rings. The third-order valence-electron chi connectivity index (χ3n) is 3.49. The smallest absolute Gasteiger partial charge is 0.144 e. The van der Waals surface area contributed by atoms with Crippen LogP contribution >= 0.6 is 12.2 Å². The molecule has 1 aromatic heterocycles. The first-order valence-corrected chi connectivity index (χ1v) is 7.02.